The molecule has 3 aromatic carbocycles. The van der Waals surface area contributed by atoms with Gasteiger partial charge in [0.25, 0.3) is 0 Å². The number of aromatic hydroxyl groups is 1. The molecule has 0 aliphatic carbocycles. The summed E-state index contributed by atoms with van der Waals surface area (Å²) >= 11 is 0.799. The molecule has 43 heteroatoms. The summed E-state index contributed by atoms with van der Waals surface area (Å²) in [7, 11) is 2.72. The van der Waals surface area contributed by atoms with Crippen LogP contribution in [0.15, 0.2) is 97.7 Å². The quantitative estimate of drug-likeness (QED) is 0.0305. The van der Waals surface area contributed by atoms with Gasteiger partial charge >= 0.3 is 0 Å². The standard InChI is InChI=1S/C93H130N22O20S/c1-9-11-24-71-84(127)103-62(23-17-32-94)80(123)110-70(79(122)100-45-76(96)120)48-136-49-77(121)102-66(36-52-27-29-56(117)30-28-52)90(133)114-34-31-93(5,6)78(114)87(130)108-68(41-75(95)119)89(132)113-33-18-26-72(113)85(128)105-64(39-55-44-97-50-101-55)82(125)106-65(35-51(3)4)91(134)115-46-57(118)40-74(115)86(129)104-63(37-53-42-98-60-21-15-13-19-58(53)60)81(124)109-69(47-116)83(126)107-67(38-54-43-99-61-22-16-14-20-59(54)61)88(131)112(8)73(25-12-10-2)92(135)111(71)7/h13-16,19-22,27-30,42-44,50-51,57,62-74,78,98-99,116-118H,9-12,17-18,23-26,31-41,45-49,94H2,1-8H3,(H2,95,119)(H2,96,120)(H,97,101)(H,100,122)(H,102,121)(H,103,127)(H,104,129)(H,105,128)(H,106,125)(H,107,126)(H,108,130)(H,109,124)(H,110,123)/t57-,62+,63+,64+,65+,66+,67+,68+,69-,70+,71+,72+,73+,74+,78-/m1/s1. The molecular formula is C93H130N22O20S. The molecule has 4 fully saturated rings. The Morgan fingerprint density at radius 2 is 1.10 bits per heavy atom. The first-order valence-electron chi connectivity index (χ1n) is 46.3. The summed E-state index contributed by atoms with van der Waals surface area (Å²) in [6.45, 7) is 8.13. The predicted molar refractivity (Wildman–Crippen MR) is 501 cm³/mol. The molecule has 42 nitrogen and oxygen atoms in total. The maximum absolute atomic E-state index is 15.7. The molecule has 22 N–H and O–H groups in total. The van der Waals surface area contributed by atoms with E-state index in [1.54, 1.807) is 88.6 Å². The van der Waals surface area contributed by atoms with Crippen molar-refractivity contribution in [3.8, 4) is 5.75 Å². The van der Waals surface area contributed by atoms with Crippen LogP contribution in [0.5, 0.6) is 5.75 Å². The Bertz CT molecular complexity index is 5260. The minimum atomic E-state index is -1.88. The van der Waals surface area contributed by atoms with Gasteiger partial charge in [0.2, 0.25) is 100 Å². The van der Waals surface area contributed by atoms with E-state index in [1.165, 1.54) is 60.7 Å². The van der Waals surface area contributed by atoms with Gasteiger partial charge in [-0.15, -0.1) is 11.8 Å². The summed E-state index contributed by atoms with van der Waals surface area (Å²) in [6, 6.07) is -1.69. The highest BCUT2D eigenvalue weighted by molar-refractivity contribution is 8.00. The third-order valence-corrected chi connectivity index (χ3v) is 26.3. The number of hydrogen-bond acceptors (Lipinski definition) is 23. The van der Waals surface area contributed by atoms with Crippen LogP contribution in [-0.4, -0.2) is 316 Å². The fraction of sp³-hybridized carbons (Fsp3) is 0.548. The van der Waals surface area contributed by atoms with Crippen molar-refractivity contribution in [2.75, 3.05) is 64.9 Å². The maximum Gasteiger partial charge on any atom is 0.246 e. The first-order valence-corrected chi connectivity index (χ1v) is 47.4. The zero-order valence-electron chi connectivity index (χ0n) is 78.0. The summed E-state index contributed by atoms with van der Waals surface area (Å²) < 4.78 is 0. The number of carbonyl (C=O) groups excluding carboxylic acids is 17. The molecule has 4 aliphatic rings. The molecular weight excluding hydrogens is 1780 g/mol. The zero-order chi connectivity index (χ0) is 98.9. The number of likely N-dealkylation sites (N-methyl/N-ethyl adjacent to an activating group) is 2. The largest absolute Gasteiger partial charge is 0.508 e. The Kier molecular flexibility index (Phi) is 37.8. The minimum Gasteiger partial charge on any atom is -0.508 e. The number of para-hydroxylation sites is 2. The van der Waals surface area contributed by atoms with Crippen molar-refractivity contribution in [3.05, 3.63) is 120 Å². The molecule has 0 unspecified atom stereocenters. The summed E-state index contributed by atoms with van der Waals surface area (Å²) in [5.41, 5.74) is 19.3. The molecule has 0 radical (unpaired) electrons. The second kappa shape index (κ2) is 48.9. The number of amides is 17. The number of phenols is 1. The van der Waals surface area contributed by atoms with Crippen LogP contribution in [0.2, 0.25) is 0 Å². The lowest BCUT2D eigenvalue weighted by Gasteiger charge is -2.36. The number of H-pyrrole nitrogens is 3. The molecule has 136 heavy (non-hydrogen) atoms. The number of thioether (sulfide) groups is 1. The van der Waals surface area contributed by atoms with Gasteiger partial charge in [-0.05, 0) is 110 Å². The Morgan fingerprint density at radius 1 is 0.559 bits per heavy atom. The van der Waals surface area contributed by atoms with E-state index in [0.717, 1.165) is 26.5 Å². The lowest BCUT2D eigenvalue weighted by atomic mass is 9.84. The second-order valence-corrected chi connectivity index (χ2v) is 37.5. The number of benzene rings is 3. The van der Waals surface area contributed by atoms with E-state index >= 15 is 57.5 Å². The van der Waals surface area contributed by atoms with E-state index in [0.29, 0.717) is 69.9 Å². The van der Waals surface area contributed by atoms with Crippen LogP contribution >= 0.6 is 11.8 Å². The molecule has 6 aromatic rings. The van der Waals surface area contributed by atoms with Gasteiger partial charge < -0.3 is 125 Å². The number of nitrogens with one attached hydrogen (secondary N) is 13. The highest BCUT2D eigenvalue weighted by Crippen LogP contribution is 2.38. The van der Waals surface area contributed by atoms with Gasteiger partial charge in [0.05, 0.1) is 37.8 Å². The number of fused-ring (bicyclic) bond motifs is 5. The first kappa shape index (κ1) is 105. The topological polar surface area (TPSA) is 626 Å². The maximum atomic E-state index is 15.7. The van der Waals surface area contributed by atoms with Crippen molar-refractivity contribution < 1.29 is 96.8 Å². The van der Waals surface area contributed by atoms with Crippen molar-refractivity contribution in [2.45, 2.75) is 248 Å². The molecule has 15 atom stereocenters. The molecule has 0 spiro atoms. The summed E-state index contributed by atoms with van der Waals surface area (Å²) in [6.07, 6.45) is 4.29. The lowest BCUT2D eigenvalue weighted by molar-refractivity contribution is -0.149. The van der Waals surface area contributed by atoms with E-state index in [-0.39, 0.29) is 115 Å². The van der Waals surface area contributed by atoms with E-state index in [1.807, 2.05) is 13.8 Å². The van der Waals surface area contributed by atoms with E-state index in [4.69, 9.17) is 17.2 Å². The number of aliphatic hydroxyl groups excluding tert-OH is 2. The van der Waals surface area contributed by atoms with Gasteiger partial charge in [-0.3, -0.25) is 81.5 Å². The monoisotopic (exact) mass is 1910 g/mol. The number of nitrogens with zero attached hydrogens (tertiary/aromatic N) is 6. The van der Waals surface area contributed by atoms with Gasteiger partial charge in [-0.2, -0.15) is 0 Å². The van der Waals surface area contributed by atoms with Crippen molar-refractivity contribution in [1.82, 2.24) is 97.6 Å². The number of aromatic amines is 3. The Balaban J connectivity index is 1.02. The summed E-state index contributed by atoms with van der Waals surface area (Å²) in [5, 5.41) is 61.2. The number of aliphatic hydroxyl groups is 2. The number of phenolic OH excluding ortho intramolecular Hbond substituents is 1. The van der Waals surface area contributed by atoms with Gasteiger partial charge in [0.1, 0.15) is 90.3 Å². The number of nitrogens with two attached hydrogens (primary N) is 3. The normalized spacial score (nSPS) is 25.5. The minimum absolute atomic E-state index is 0.00429. The molecule has 4 saturated heterocycles. The van der Waals surface area contributed by atoms with Crippen molar-refractivity contribution >= 4 is 134 Å². The third kappa shape index (κ3) is 27.6. The van der Waals surface area contributed by atoms with E-state index < -0.39 is 234 Å². The Morgan fingerprint density at radius 3 is 1.71 bits per heavy atom. The summed E-state index contributed by atoms with van der Waals surface area (Å²) in [4.78, 5) is 272. The van der Waals surface area contributed by atoms with Crippen LogP contribution in [0.4, 0.5) is 0 Å². The smallest absolute Gasteiger partial charge is 0.246 e. The van der Waals surface area contributed by atoms with Crippen LogP contribution in [0, 0.1) is 11.3 Å². The lowest BCUT2D eigenvalue weighted by Crippen LogP contribution is -2.62. The molecule has 0 saturated carbocycles. The van der Waals surface area contributed by atoms with E-state index in [9.17, 15) is 39.3 Å². The number of aromatic nitrogens is 4. The molecule has 738 valence electrons. The molecule has 4 aliphatic heterocycles. The molecule has 7 heterocycles. The van der Waals surface area contributed by atoms with E-state index in [2.05, 4.69) is 73.1 Å². The van der Waals surface area contributed by atoms with Crippen molar-refractivity contribution in [1.29, 1.82) is 0 Å². The number of carbonyl (C=O) groups is 17. The Labute approximate surface area is 791 Å². The predicted octanol–water partition coefficient (Wildman–Crippen LogP) is -1.67. The number of rotatable bonds is 25. The molecule has 17 amide bonds. The third-order valence-electron chi connectivity index (χ3n) is 25.3. The van der Waals surface area contributed by atoms with Gasteiger partial charge in [-0.1, -0.05) is 116 Å². The average Bonchev–Trinajstić information content (AvgIpc) is 1.62. The number of hydrogen-bond donors (Lipinski definition) is 19. The fourth-order valence-corrected chi connectivity index (χ4v) is 18.8. The highest BCUT2D eigenvalue weighted by atomic mass is 32.2. The number of primary amides is 2. The van der Waals surface area contributed by atoms with Gasteiger partial charge in [-0.25, -0.2) is 4.98 Å². The fourth-order valence-electron chi connectivity index (χ4n) is 18.0. The van der Waals surface area contributed by atoms with Crippen LogP contribution in [0.25, 0.3) is 21.8 Å². The molecule has 3 aromatic heterocycles. The SMILES string of the molecule is CCCC[C@H]1C(=O)N(C)[C@@H](CCCC)C(=O)N[C@@H](CCCN)C(=O)N[C@H](C(=O)NCC(N)=O)CSCC(=O)N[C@@H](Cc2ccc(O)cc2)C(=O)N2CCC(C)(C)[C@H]2C(=O)N[C@@H](CC(N)=O)C(=O)N2CCC[C@H]2C(=O)N[C@@H](Cc2cnc[nH]2)C(=O)N[C@@H](CC(C)C)C(=O)N2C[C@H](O)C[C@H]2C(=O)N[C@@H](Cc2c[nH]c3ccccc23)C(=O)N[C@H](CO)C(=O)N[C@@H](Cc2c[nH]c3ccccc23)C(=O)N1C. The highest BCUT2D eigenvalue weighted by Gasteiger charge is 2.51. The van der Waals surface area contributed by atoms with Gasteiger partial charge in [0, 0.05) is 118 Å². The molecule has 0 bridgehead atoms. The van der Waals surface area contributed by atoms with Crippen LogP contribution < -0.4 is 70.4 Å². The van der Waals surface area contributed by atoms with Crippen molar-refractivity contribution in [3.63, 3.8) is 0 Å². The van der Waals surface area contributed by atoms with Crippen molar-refractivity contribution in [2.24, 2.45) is 28.5 Å². The first-order chi connectivity index (χ1) is 64.8. The van der Waals surface area contributed by atoms with Crippen LogP contribution in [-0.2, 0) is 107 Å². The number of imidazole rings is 1. The average molecular weight is 1910 g/mol. The second-order valence-electron chi connectivity index (χ2n) is 36.5. The van der Waals surface area contributed by atoms with Gasteiger partial charge in [0.15, 0.2) is 0 Å². The van der Waals surface area contributed by atoms with Crippen LogP contribution in [0.1, 0.15) is 154 Å². The Hall–Kier alpha value is -13.0. The summed E-state index contributed by atoms with van der Waals surface area (Å²) in [5.74, 6) is -17.0. The van der Waals surface area contributed by atoms with Crippen LogP contribution in [0.3, 0.4) is 0 Å². The molecule has 10 rings (SSSR count). The number of unbranched alkanes of at least 4 members (excludes halogenated alkanes) is 2. The zero-order valence-corrected chi connectivity index (χ0v) is 78.8.